The molecule has 1 aliphatic carbocycles. The third-order valence-corrected chi connectivity index (χ3v) is 4.76. The van der Waals surface area contributed by atoms with Crippen molar-refractivity contribution in [2.45, 2.75) is 44.9 Å². The summed E-state index contributed by atoms with van der Waals surface area (Å²) in [5.41, 5.74) is 2.68. The van der Waals surface area contributed by atoms with Gasteiger partial charge in [0.05, 0.1) is 31.4 Å². The molecule has 0 unspecified atom stereocenters. The maximum atomic E-state index is 12.8. The van der Waals surface area contributed by atoms with Gasteiger partial charge in [-0.25, -0.2) is 0 Å². The molecule has 4 nitrogen and oxygen atoms in total. The summed E-state index contributed by atoms with van der Waals surface area (Å²) in [6, 6.07) is 15.8. The zero-order chi connectivity index (χ0) is 17.6. The zero-order valence-electron chi connectivity index (χ0n) is 14.8. The fourth-order valence-corrected chi connectivity index (χ4v) is 3.41. The van der Waals surface area contributed by atoms with Crippen LogP contribution in [0.3, 0.4) is 0 Å². The molecule has 2 aromatic rings. The van der Waals surface area contributed by atoms with E-state index < -0.39 is 0 Å². The van der Waals surface area contributed by atoms with Gasteiger partial charge in [-0.3, -0.25) is 4.79 Å². The number of amides is 1. The Morgan fingerprint density at radius 1 is 1.12 bits per heavy atom. The molecule has 0 spiro atoms. The van der Waals surface area contributed by atoms with Gasteiger partial charge in [-0.2, -0.15) is 0 Å². The van der Waals surface area contributed by atoms with Crippen LogP contribution in [0, 0.1) is 6.92 Å². The Morgan fingerprint density at radius 2 is 1.92 bits per heavy atom. The van der Waals surface area contributed by atoms with Gasteiger partial charge in [0.1, 0.15) is 5.75 Å². The van der Waals surface area contributed by atoms with E-state index in [2.05, 4.69) is 17.4 Å². The van der Waals surface area contributed by atoms with E-state index in [1.165, 1.54) is 0 Å². The lowest BCUT2D eigenvalue weighted by molar-refractivity contribution is 0.0271. The lowest BCUT2D eigenvalue weighted by Gasteiger charge is -2.22. The van der Waals surface area contributed by atoms with E-state index in [9.17, 15) is 4.79 Å². The van der Waals surface area contributed by atoms with Crippen LogP contribution in [0.15, 0.2) is 48.5 Å². The van der Waals surface area contributed by atoms with Crippen LogP contribution >= 0.6 is 0 Å². The smallest absolute Gasteiger partial charge is 0.255 e. The molecule has 0 saturated heterocycles. The van der Waals surface area contributed by atoms with Crippen molar-refractivity contribution < 1.29 is 14.3 Å². The molecule has 2 aromatic carbocycles. The summed E-state index contributed by atoms with van der Waals surface area (Å²) < 4.78 is 11.4. The second-order valence-electron chi connectivity index (χ2n) is 6.50. The van der Waals surface area contributed by atoms with Crippen LogP contribution in [-0.4, -0.2) is 25.2 Å². The topological polar surface area (TPSA) is 47.6 Å². The second kappa shape index (κ2) is 8.17. The Balaban J connectivity index is 1.64. The lowest BCUT2D eigenvalue weighted by Crippen LogP contribution is -2.41. The molecule has 1 amide bonds. The highest BCUT2D eigenvalue weighted by molar-refractivity contribution is 5.98. The number of hydrogen-bond acceptors (Lipinski definition) is 3. The quantitative estimate of drug-likeness (QED) is 0.869. The van der Waals surface area contributed by atoms with Crippen LogP contribution in [-0.2, 0) is 11.3 Å². The van der Waals surface area contributed by atoms with E-state index in [-0.39, 0.29) is 18.1 Å². The Labute approximate surface area is 149 Å². The number of aryl methyl sites for hydroxylation is 1. The number of rotatable bonds is 6. The van der Waals surface area contributed by atoms with Crippen molar-refractivity contribution >= 4 is 5.91 Å². The molecule has 4 heteroatoms. The molecule has 0 aliphatic heterocycles. The molecule has 0 radical (unpaired) electrons. The Bertz CT molecular complexity index is 714. The lowest BCUT2D eigenvalue weighted by atomic mass is 10.1. The fraction of sp³-hybridized carbons (Fsp3) is 0.381. The van der Waals surface area contributed by atoms with E-state index in [0.717, 1.165) is 30.4 Å². The molecular weight excluding hydrogens is 314 g/mol. The number of benzene rings is 2. The number of nitrogens with one attached hydrogen (secondary N) is 1. The maximum Gasteiger partial charge on any atom is 0.255 e. The van der Waals surface area contributed by atoms with Gasteiger partial charge in [-0.15, -0.1) is 0 Å². The molecule has 1 aliphatic rings. The fourth-order valence-electron chi connectivity index (χ4n) is 3.41. The van der Waals surface area contributed by atoms with Crippen molar-refractivity contribution in [2.24, 2.45) is 0 Å². The first-order valence-electron chi connectivity index (χ1n) is 8.79. The molecule has 0 bridgehead atoms. The van der Waals surface area contributed by atoms with Crippen molar-refractivity contribution in [2.75, 3.05) is 7.11 Å². The molecular formula is C21H25NO3. The average Bonchev–Trinajstić information content (AvgIpc) is 3.07. The van der Waals surface area contributed by atoms with Gasteiger partial charge in [0.2, 0.25) is 0 Å². The van der Waals surface area contributed by atoms with E-state index in [1.807, 2.05) is 43.3 Å². The summed E-state index contributed by atoms with van der Waals surface area (Å²) in [4.78, 5) is 12.8. The van der Waals surface area contributed by atoms with E-state index in [4.69, 9.17) is 9.47 Å². The van der Waals surface area contributed by atoms with Crippen molar-refractivity contribution in [3.05, 3.63) is 65.2 Å². The van der Waals surface area contributed by atoms with Gasteiger partial charge in [0.25, 0.3) is 5.91 Å². The molecule has 25 heavy (non-hydrogen) atoms. The Morgan fingerprint density at radius 3 is 2.68 bits per heavy atom. The predicted octanol–water partition coefficient (Wildman–Crippen LogP) is 3.87. The molecule has 1 saturated carbocycles. The molecule has 0 heterocycles. The van der Waals surface area contributed by atoms with Crippen molar-refractivity contribution in [3.8, 4) is 5.75 Å². The number of ether oxygens (including phenoxy) is 2. The van der Waals surface area contributed by atoms with Gasteiger partial charge in [0.15, 0.2) is 0 Å². The summed E-state index contributed by atoms with van der Waals surface area (Å²) in [5, 5.41) is 3.15. The number of carbonyl (C=O) groups excluding carboxylic acids is 1. The van der Waals surface area contributed by atoms with Gasteiger partial charge >= 0.3 is 0 Å². The Hall–Kier alpha value is -2.33. The van der Waals surface area contributed by atoms with Crippen molar-refractivity contribution in [3.63, 3.8) is 0 Å². The summed E-state index contributed by atoms with van der Waals surface area (Å²) in [6.45, 7) is 2.50. The number of carbonyl (C=O) groups is 1. The minimum atomic E-state index is -0.0878. The van der Waals surface area contributed by atoms with E-state index in [0.29, 0.717) is 17.9 Å². The van der Waals surface area contributed by atoms with Gasteiger partial charge < -0.3 is 14.8 Å². The predicted molar refractivity (Wildman–Crippen MR) is 97.9 cm³/mol. The monoisotopic (exact) mass is 339 g/mol. The van der Waals surface area contributed by atoms with Gasteiger partial charge in [0, 0.05) is 0 Å². The van der Waals surface area contributed by atoms with Crippen LogP contribution in [0.4, 0.5) is 0 Å². The number of methoxy groups -OCH3 is 1. The van der Waals surface area contributed by atoms with Crippen LogP contribution in [0.5, 0.6) is 5.75 Å². The zero-order valence-corrected chi connectivity index (χ0v) is 14.8. The number of hydrogen-bond donors (Lipinski definition) is 1. The Kier molecular flexibility index (Phi) is 5.71. The highest BCUT2D eigenvalue weighted by Gasteiger charge is 2.30. The molecule has 3 rings (SSSR count). The van der Waals surface area contributed by atoms with Crippen LogP contribution in [0.1, 0.15) is 40.7 Å². The van der Waals surface area contributed by atoms with Crippen LogP contribution in [0.2, 0.25) is 0 Å². The van der Waals surface area contributed by atoms with Crippen molar-refractivity contribution in [1.29, 1.82) is 0 Å². The second-order valence-corrected chi connectivity index (χ2v) is 6.50. The SMILES string of the molecule is COc1cccc(C)c1C(=O)N[C@@H]1CCC[C@H]1OCc1ccccc1. The normalized spacial score (nSPS) is 19.6. The van der Waals surface area contributed by atoms with Crippen molar-refractivity contribution in [1.82, 2.24) is 5.32 Å². The van der Waals surface area contributed by atoms with Gasteiger partial charge in [-0.1, -0.05) is 42.5 Å². The standard InChI is InChI=1S/C21H25NO3/c1-15-8-6-13-19(24-2)20(15)21(23)22-17-11-7-12-18(17)25-14-16-9-4-3-5-10-16/h3-6,8-10,13,17-18H,7,11-12,14H2,1-2H3,(H,22,23)/t17-,18-/m1/s1. The average molecular weight is 339 g/mol. The summed E-state index contributed by atoms with van der Waals surface area (Å²) in [6.07, 6.45) is 3.04. The molecule has 0 aromatic heterocycles. The van der Waals surface area contributed by atoms with Crippen LogP contribution in [0.25, 0.3) is 0 Å². The highest BCUT2D eigenvalue weighted by atomic mass is 16.5. The third kappa shape index (κ3) is 4.20. The summed E-state index contributed by atoms with van der Waals surface area (Å²) >= 11 is 0. The first-order valence-corrected chi connectivity index (χ1v) is 8.79. The first-order chi connectivity index (χ1) is 12.2. The van der Waals surface area contributed by atoms with Gasteiger partial charge in [-0.05, 0) is 43.4 Å². The van der Waals surface area contributed by atoms with E-state index in [1.54, 1.807) is 7.11 Å². The van der Waals surface area contributed by atoms with Crippen LogP contribution < -0.4 is 10.1 Å². The highest BCUT2D eigenvalue weighted by Crippen LogP contribution is 2.26. The summed E-state index contributed by atoms with van der Waals surface area (Å²) in [7, 11) is 1.59. The molecule has 2 atom stereocenters. The van der Waals surface area contributed by atoms with E-state index >= 15 is 0 Å². The molecule has 1 N–H and O–H groups in total. The largest absolute Gasteiger partial charge is 0.496 e. The molecule has 1 fully saturated rings. The summed E-state index contributed by atoms with van der Waals surface area (Å²) in [5.74, 6) is 0.521. The minimum absolute atomic E-state index is 0.0422. The third-order valence-electron chi connectivity index (χ3n) is 4.76. The maximum absolute atomic E-state index is 12.8. The first kappa shape index (κ1) is 17.5. The molecule has 132 valence electrons. The minimum Gasteiger partial charge on any atom is -0.496 e.